The molecule has 0 spiro atoms. The molecule has 0 fully saturated rings. The van der Waals surface area contributed by atoms with Crippen LogP contribution in [0.2, 0.25) is 0 Å². The third-order valence-corrected chi connectivity index (χ3v) is 7.37. The van der Waals surface area contributed by atoms with E-state index < -0.39 is 11.0 Å². The number of fused-ring (bicyclic) bond motifs is 1. The number of hydrogen-bond donors (Lipinski definition) is 0. The zero-order valence-corrected chi connectivity index (χ0v) is 22.0. The number of rotatable bonds is 6. The number of carbonyl (C=O) groups excluding carboxylic acids is 1. The van der Waals surface area contributed by atoms with Crippen LogP contribution in [0.3, 0.4) is 0 Å². The fourth-order valence-corrected chi connectivity index (χ4v) is 5.53. The first kappa shape index (κ1) is 25.1. The minimum absolute atomic E-state index is 0.00669. The molecule has 0 unspecified atom stereocenters. The van der Waals surface area contributed by atoms with E-state index in [1.54, 1.807) is 41.8 Å². The quantitative estimate of drug-likeness (QED) is 0.276. The van der Waals surface area contributed by atoms with Gasteiger partial charge >= 0.3 is 0 Å². The van der Waals surface area contributed by atoms with Crippen molar-refractivity contribution in [2.45, 2.75) is 19.9 Å². The van der Waals surface area contributed by atoms with E-state index in [9.17, 15) is 19.7 Å². The summed E-state index contributed by atoms with van der Waals surface area (Å²) in [5.41, 5.74) is 3.31. The predicted octanol–water partition coefficient (Wildman–Crippen LogP) is 4.06. The van der Waals surface area contributed by atoms with Crippen LogP contribution in [0.4, 0.5) is 11.4 Å². The van der Waals surface area contributed by atoms with Gasteiger partial charge < -0.3 is 9.32 Å². The van der Waals surface area contributed by atoms with E-state index in [0.29, 0.717) is 37.7 Å². The van der Waals surface area contributed by atoms with Crippen LogP contribution >= 0.6 is 11.3 Å². The van der Waals surface area contributed by atoms with Gasteiger partial charge in [-0.2, -0.15) is 0 Å². The van der Waals surface area contributed by atoms with Crippen LogP contribution in [0.5, 0.6) is 0 Å². The number of nitro groups is 1. The third kappa shape index (κ3) is 4.50. The van der Waals surface area contributed by atoms with Crippen molar-refractivity contribution in [3.05, 3.63) is 113 Å². The third-order valence-electron chi connectivity index (χ3n) is 6.39. The second-order valence-electron chi connectivity index (χ2n) is 9.13. The molecule has 5 rings (SSSR count). The molecule has 0 saturated heterocycles. The van der Waals surface area contributed by atoms with Crippen molar-refractivity contribution >= 4 is 34.6 Å². The van der Waals surface area contributed by atoms with Crippen LogP contribution in [0.15, 0.2) is 86.1 Å². The Morgan fingerprint density at radius 2 is 1.79 bits per heavy atom. The smallest absolute Gasteiger partial charge is 0.271 e. The largest absolute Gasteiger partial charge is 0.457 e. The number of carbonyl (C=O) groups is 1. The van der Waals surface area contributed by atoms with Crippen LogP contribution in [-0.2, 0) is 4.79 Å². The summed E-state index contributed by atoms with van der Waals surface area (Å²) in [6, 6.07) is 16.7. The zero-order valence-electron chi connectivity index (χ0n) is 21.2. The monoisotopic (exact) mass is 528 g/mol. The summed E-state index contributed by atoms with van der Waals surface area (Å²) in [4.78, 5) is 43.9. The lowest BCUT2D eigenvalue weighted by Crippen LogP contribution is -2.39. The standard InChI is InChI=1S/C28H24N4O5S/c1-16-25(17(2)33)26(19-7-9-20(10-8-19)30(3)4)31-27(34)24(38-28(31)29-16)15-22-13-14-23(37-22)18-5-11-21(12-6-18)32(35)36/h5-15,26H,1-4H3/t26-/m1/s1. The Bertz CT molecular complexity index is 1770. The van der Waals surface area contributed by atoms with Crippen molar-refractivity contribution in [2.24, 2.45) is 4.99 Å². The van der Waals surface area contributed by atoms with Gasteiger partial charge in [-0.15, -0.1) is 0 Å². The molecule has 0 bridgehead atoms. The van der Waals surface area contributed by atoms with Gasteiger partial charge in [0.15, 0.2) is 10.6 Å². The number of benzene rings is 2. The maximum atomic E-state index is 13.7. The first-order valence-corrected chi connectivity index (χ1v) is 12.6. The van der Waals surface area contributed by atoms with Crippen molar-refractivity contribution < 1.29 is 14.1 Å². The van der Waals surface area contributed by atoms with Crippen LogP contribution in [0.25, 0.3) is 17.4 Å². The van der Waals surface area contributed by atoms with Gasteiger partial charge in [-0.3, -0.25) is 24.3 Å². The summed E-state index contributed by atoms with van der Waals surface area (Å²) in [5, 5.41) is 10.9. The molecule has 0 aliphatic carbocycles. The number of Topliss-reactive ketones (excluding diaryl/α,β-unsaturated/α-hetero) is 1. The SMILES string of the molecule is CC(=O)C1=C(C)N=c2sc(=Cc3ccc(-c4ccc([N+](=O)[O-])cc4)o3)c(=O)n2[C@@H]1c1ccc(N(C)C)cc1. The number of nitro benzene ring substituents is 1. The molecule has 0 amide bonds. The number of allylic oxidation sites excluding steroid dienone is 2. The Morgan fingerprint density at radius 3 is 2.39 bits per heavy atom. The van der Waals surface area contributed by atoms with Crippen LogP contribution < -0.4 is 19.8 Å². The fourth-order valence-electron chi connectivity index (χ4n) is 4.50. The summed E-state index contributed by atoms with van der Waals surface area (Å²) >= 11 is 1.23. The molecule has 9 nitrogen and oxygen atoms in total. The molecule has 0 N–H and O–H groups in total. The molecule has 1 aliphatic rings. The Kier molecular flexibility index (Phi) is 6.41. The zero-order chi connectivity index (χ0) is 27.1. The van der Waals surface area contributed by atoms with Gasteiger partial charge in [0.25, 0.3) is 11.2 Å². The maximum absolute atomic E-state index is 13.7. The maximum Gasteiger partial charge on any atom is 0.271 e. The number of anilines is 1. The summed E-state index contributed by atoms with van der Waals surface area (Å²) in [7, 11) is 3.90. The Balaban J connectivity index is 1.58. The van der Waals surface area contributed by atoms with E-state index >= 15 is 0 Å². The van der Waals surface area contributed by atoms with E-state index in [-0.39, 0.29) is 17.0 Å². The van der Waals surface area contributed by atoms with Crippen molar-refractivity contribution in [1.82, 2.24) is 4.57 Å². The summed E-state index contributed by atoms with van der Waals surface area (Å²) in [6.07, 6.45) is 1.65. The molecule has 3 heterocycles. The van der Waals surface area contributed by atoms with E-state index in [1.807, 2.05) is 43.3 Å². The number of thiazole rings is 1. The van der Waals surface area contributed by atoms with Gasteiger partial charge in [0.1, 0.15) is 11.5 Å². The van der Waals surface area contributed by atoms with Gasteiger partial charge in [0.05, 0.1) is 15.5 Å². The Labute approximate surface area is 221 Å². The number of ketones is 1. The van der Waals surface area contributed by atoms with Gasteiger partial charge in [-0.25, -0.2) is 4.99 Å². The van der Waals surface area contributed by atoms with Gasteiger partial charge in [0.2, 0.25) is 0 Å². The summed E-state index contributed by atoms with van der Waals surface area (Å²) < 4.78 is 7.91. The van der Waals surface area contributed by atoms with E-state index in [2.05, 4.69) is 4.99 Å². The Hall–Kier alpha value is -4.57. The molecule has 192 valence electrons. The minimum Gasteiger partial charge on any atom is -0.457 e. The number of nitrogens with zero attached hydrogens (tertiary/aromatic N) is 4. The molecule has 2 aromatic carbocycles. The predicted molar refractivity (Wildman–Crippen MR) is 146 cm³/mol. The van der Waals surface area contributed by atoms with Crippen molar-refractivity contribution in [3.8, 4) is 11.3 Å². The number of aromatic nitrogens is 1. The normalized spacial score (nSPS) is 15.3. The van der Waals surface area contributed by atoms with E-state index in [1.165, 1.54) is 30.4 Å². The fraction of sp³-hybridized carbons (Fsp3) is 0.179. The van der Waals surface area contributed by atoms with Crippen molar-refractivity contribution in [3.63, 3.8) is 0 Å². The molecule has 0 radical (unpaired) electrons. The molecular weight excluding hydrogens is 504 g/mol. The molecule has 10 heteroatoms. The lowest BCUT2D eigenvalue weighted by molar-refractivity contribution is -0.384. The van der Waals surface area contributed by atoms with Gasteiger partial charge in [0, 0.05) is 54.8 Å². The molecule has 2 aromatic heterocycles. The Morgan fingerprint density at radius 1 is 1.11 bits per heavy atom. The molecule has 38 heavy (non-hydrogen) atoms. The highest BCUT2D eigenvalue weighted by Gasteiger charge is 2.30. The average molecular weight is 529 g/mol. The number of hydrogen-bond acceptors (Lipinski definition) is 8. The molecule has 1 aliphatic heterocycles. The first-order chi connectivity index (χ1) is 18.1. The van der Waals surface area contributed by atoms with E-state index in [4.69, 9.17) is 4.42 Å². The second-order valence-corrected chi connectivity index (χ2v) is 10.1. The first-order valence-electron chi connectivity index (χ1n) is 11.8. The van der Waals surface area contributed by atoms with Gasteiger partial charge in [-0.05, 0) is 55.8 Å². The highest BCUT2D eigenvalue weighted by atomic mass is 32.1. The average Bonchev–Trinajstić information content (AvgIpc) is 3.47. The highest BCUT2D eigenvalue weighted by Crippen LogP contribution is 2.31. The topological polar surface area (TPSA) is 111 Å². The summed E-state index contributed by atoms with van der Waals surface area (Å²) in [6.45, 7) is 3.28. The van der Waals surface area contributed by atoms with Crippen molar-refractivity contribution in [2.75, 3.05) is 19.0 Å². The van der Waals surface area contributed by atoms with Crippen LogP contribution in [0.1, 0.15) is 31.2 Å². The lowest BCUT2D eigenvalue weighted by atomic mass is 9.93. The molecule has 0 saturated carbocycles. The van der Waals surface area contributed by atoms with Crippen LogP contribution in [0, 0.1) is 10.1 Å². The second kappa shape index (κ2) is 9.71. The minimum atomic E-state index is -0.589. The van der Waals surface area contributed by atoms with Crippen LogP contribution in [-0.4, -0.2) is 29.4 Å². The number of furan rings is 1. The molecular formula is C28H24N4O5S. The molecule has 4 aromatic rings. The molecule has 1 atom stereocenters. The van der Waals surface area contributed by atoms with Crippen molar-refractivity contribution in [1.29, 1.82) is 0 Å². The lowest BCUT2D eigenvalue weighted by Gasteiger charge is -2.25. The number of non-ortho nitro benzene ring substituents is 1. The van der Waals surface area contributed by atoms with Gasteiger partial charge in [-0.1, -0.05) is 23.5 Å². The highest BCUT2D eigenvalue weighted by molar-refractivity contribution is 7.07. The van der Waals surface area contributed by atoms with E-state index in [0.717, 1.165) is 11.3 Å². The summed E-state index contributed by atoms with van der Waals surface area (Å²) in [5.74, 6) is 0.839.